The summed E-state index contributed by atoms with van der Waals surface area (Å²) in [4.78, 5) is 4.30. The van der Waals surface area contributed by atoms with Crippen molar-refractivity contribution in [2.24, 2.45) is 5.10 Å². The van der Waals surface area contributed by atoms with Crippen molar-refractivity contribution in [2.75, 3.05) is 5.43 Å². The molecule has 3 rings (SSSR count). The van der Waals surface area contributed by atoms with Crippen LogP contribution in [0.1, 0.15) is 18.1 Å². The van der Waals surface area contributed by atoms with Crippen molar-refractivity contribution in [3.05, 3.63) is 70.9 Å². The summed E-state index contributed by atoms with van der Waals surface area (Å²) in [7, 11) is 0. The van der Waals surface area contributed by atoms with Gasteiger partial charge in [0.2, 0.25) is 0 Å². The highest BCUT2D eigenvalue weighted by molar-refractivity contribution is 6.31. The Labute approximate surface area is 139 Å². The van der Waals surface area contributed by atoms with E-state index in [1.807, 2.05) is 43.3 Å². The molecule has 1 heterocycles. The average Bonchev–Trinajstić information content (AvgIpc) is 2.59. The summed E-state index contributed by atoms with van der Waals surface area (Å²) in [5, 5.41) is 14.9. The van der Waals surface area contributed by atoms with E-state index in [4.69, 9.17) is 16.9 Å². The highest BCUT2D eigenvalue weighted by atomic mass is 35.5. The van der Waals surface area contributed by atoms with Crippen LogP contribution in [0.25, 0.3) is 10.9 Å². The second-order valence-electron chi connectivity index (χ2n) is 5.02. The molecule has 0 bridgehead atoms. The number of halogens is 1. The first kappa shape index (κ1) is 15.0. The Bertz CT molecular complexity index is 924. The van der Waals surface area contributed by atoms with Gasteiger partial charge in [0.15, 0.2) is 0 Å². The maximum Gasteiger partial charge on any atom is 0.0991 e. The summed E-state index contributed by atoms with van der Waals surface area (Å²) in [5.74, 6) is 0. The smallest absolute Gasteiger partial charge is 0.0991 e. The van der Waals surface area contributed by atoms with E-state index in [1.54, 1.807) is 18.3 Å². The van der Waals surface area contributed by atoms with E-state index in [0.717, 1.165) is 27.9 Å². The Kier molecular flexibility index (Phi) is 4.22. The quantitative estimate of drug-likeness (QED) is 0.567. The molecule has 112 valence electrons. The summed E-state index contributed by atoms with van der Waals surface area (Å²) >= 11 is 5.99. The molecule has 23 heavy (non-hydrogen) atoms. The Balaban J connectivity index is 1.88. The van der Waals surface area contributed by atoms with Crippen molar-refractivity contribution < 1.29 is 0 Å². The van der Waals surface area contributed by atoms with Crippen molar-refractivity contribution >= 4 is 33.9 Å². The Morgan fingerprint density at radius 3 is 2.70 bits per heavy atom. The lowest BCUT2D eigenvalue weighted by Crippen LogP contribution is -2.00. The van der Waals surface area contributed by atoms with Crippen molar-refractivity contribution in [1.82, 2.24) is 4.98 Å². The summed E-state index contributed by atoms with van der Waals surface area (Å²) < 4.78 is 0. The first-order valence-corrected chi connectivity index (χ1v) is 7.40. The summed E-state index contributed by atoms with van der Waals surface area (Å²) in [6, 6.07) is 16.8. The molecule has 0 unspecified atom stereocenters. The van der Waals surface area contributed by atoms with Gasteiger partial charge in [-0.3, -0.25) is 10.4 Å². The number of aromatic nitrogens is 1. The van der Waals surface area contributed by atoms with Gasteiger partial charge in [-0.2, -0.15) is 10.4 Å². The standard InChI is InChI=1S/C18H13ClN4/c1-12(14-4-2-13(11-20)3-5-14)22-23-17-8-9-21-18-10-15(19)6-7-16(17)18/h2-10H,1H3,(H,21,23)/b22-12-. The number of rotatable bonds is 3. The van der Waals surface area contributed by atoms with Crippen LogP contribution in [-0.4, -0.2) is 10.7 Å². The average molecular weight is 321 g/mol. The second-order valence-corrected chi connectivity index (χ2v) is 5.45. The Morgan fingerprint density at radius 2 is 1.96 bits per heavy atom. The van der Waals surface area contributed by atoms with Crippen molar-refractivity contribution in [2.45, 2.75) is 6.92 Å². The molecule has 0 fully saturated rings. The molecule has 0 aliphatic carbocycles. The van der Waals surface area contributed by atoms with Gasteiger partial charge in [-0.1, -0.05) is 23.7 Å². The lowest BCUT2D eigenvalue weighted by atomic mass is 10.1. The monoisotopic (exact) mass is 320 g/mol. The van der Waals surface area contributed by atoms with Gasteiger partial charge in [0.05, 0.1) is 28.5 Å². The number of anilines is 1. The van der Waals surface area contributed by atoms with E-state index in [9.17, 15) is 0 Å². The zero-order valence-electron chi connectivity index (χ0n) is 12.4. The van der Waals surface area contributed by atoms with E-state index >= 15 is 0 Å². The predicted molar refractivity (Wildman–Crippen MR) is 93.7 cm³/mol. The van der Waals surface area contributed by atoms with Crippen molar-refractivity contribution in [1.29, 1.82) is 5.26 Å². The van der Waals surface area contributed by atoms with Gasteiger partial charge < -0.3 is 0 Å². The molecule has 1 N–H and O–H groups in total. The molecule has 3 aromatic rings. The topological polar surface area (TPSA) is 61.1 Å². The third-order valence-corrected chi connectivity index (χ3v) is 3.72. The number of nitrogens with one attached hydrogen (secondary N) is 1. The highest BCUT2D eigenvalue weighted by Crippen LogP contribution is 2.24. The largest absolute Gasteiger partial charge is 0.277 e. The van der Waals surface area contributed by atoms with Gasteiger partial charge in [-0.25, -0.2) is 0 Å². The summed E-state index contributed by atoms with van der Waals surface area (Å²) in [5.41, 5.74) is 7.16. The molecule has 0 aliphatic heterocycles. The fourth-order valence-electron chi connectivity index (χ4n) is 2.21. The Morgan fingerprint density at radius 1 is 1.17 bits per heavy atom. The van der Waals surface area contributed by atoms with Crippen LogP contribution in [0.5, 0.6) is 0 Å². The molecule has 0 aliphatic rings. The summed E-state index contributed by atoms with van der Waals surface area (Å²) in [6.45, 7) is 1.91. The SMILES string of the molecule is C/C(=N/Nc1ccnc2cc(Cl)ccc12)c1ccc(C#N)cc1. The molecule has 0 amide bonds. The number of pyridine rings is 1. The Hall–Kier alpha value is -2.90. The number of nitriles is 1. The number of hydrogen-bond donors (Lipinski definition) is 1. The van der Waals surface area contributed by atoms with Crippen LogP contribution < -0.4 is 5.43 Å². The summed E-state index contributed by atoms with van der Waals surface area (Å²) in [6.07, 6.45) is 1.72. The van der Waals surface area contributed by atoms with Crippen molar-refractivity contribution in [3.8, 4) is 6.07 Å². The third kappa shape index (κ3) is 3.31. The van der Waals surface area contributed by atoms with Crippen LogP contribution >= 0.6 is 11.6 Å². The van der Waals surface area contributed by atoms with E-state index in [1.165, 1.54) is 0 Å². The first-order chi connectivity index (χ1) is 11.2. The molecule has 0 radical (unpaired) electrons. The molecule has 5 heteroatoms. The van der Waals surface area contributed by atoms with Gasteiger partial charge in [0, 0.05) is 16.6 Å². The van der Waals surface area contributed by atoms with E-state index in [0.29, 0.717) is 10.6 Å². The minimum absolute atomic E-state index is 0.631. The lowest BCUT2D eigenvalue weighted by Gasteiger charge is -2.07. The van der Waals surface area contributed by atoms with Crippen molar-refractivity contribution in [3.63, 3.8) is 0 Å². The maximum absolute atomic E-state index is 8.83. The molecule has 0 atom stereocenters. The van der Waals surface area contributed by atoms with Crippen LogP contribution in [0.3, 0.4) is 0 Å². The van der Waals surface area contributed by atoms with E-state index in [2.05, 4.69) is 21.6 Å². The first-order valence-electron chi connectivity index (χ1n) is 7.02. The molecular weight excluding hydrogens is 308 g/mol. The van der Waals surface area contributed by atoms with Crippen LogP contribution in [0.2, 0.25) is 5.02 Å². The number of hydrazone groups is 1. The maximum atomic E-state index is 8.83. The molecule has 0 spiro atoms. The zero-order chi connectivity index (χ0) is 16.2. The van der Waals surface area contributed by atoms with Gasteiger partial charge >= 0.3 is 0 Å². The number of nitrogens with zero attached hydrogens (tertiary/aromatic N) is 3. The fourth-order valence-corrected chi connectivity index (χ4v) is 2.38. The molecular formula is C18H13ClN4. The normalized spacial score (nSPS) is 11.3. The predicted octanol–water partition coefficient (Wildman–Crippen LogP) is 4.60. The lowest BCUT2D eigenvalue weighted by molar-refractivity contribution is 1.31. The van der Waals surface area contributed by atoms with Gasteiger partial charge in [-0.05, 0) is 48.9 Å². The van der Waals surface area contributed by atoms with Crippen LogP contribution in [-0.2, 0) is 0 Å². The third-order valence-electron chi connectivity index (χ3n) is 3.48. The van der Waals surface area contributed by atoms with E-state index in [-0.39, 0.29) is 0 Å². The molecule has 0 saturated carbocycles. The van der Waals surface area contributed by atoms with E-state index < -0.39 is 0 Å². The number of hydrogen-bond acceptors (Lipinski definition) is 4. The fraction of sp³-hybridized carbons (Fsp3) is 0.0556. The molecule has 0 saturated heterocycles. The number of benzene rings is 2. The second kappa shape index (κ2) is 6.47. The van der Waals surface area contributed by atoms with Crippen LogP contribution in [0.4, 0.5) is 5.69 Å². The van der Waals surface area contributed by atoms with Gasteiger partial charge in [0.1, 0.15) is 0 Å². The molecule has 1 aromatic heterocycles. The molecule has 2 aromatic carbocycles. The van der Waals surface area contributed by atoms with Crippen LogP contribution in [0.15, 0.2) is 59.8 Å². The zero-order valence-corrected chi connectivity index (χ0v) is 13.2. The van der Waals surface area contributed by atoms with Gasteiger partial charge in [0.25, 0.3) is 0 Å². The molecule has 4 nitrogen and oxygen atoms in total. The van der Waals surface area contributed by atoms with Crippen LogP contribution in [0, 0.1) is 11.3 Å². The minimum atomic E-state index is 0.631. The van der Waals surface area contributed by atoms with Gasteiger partial charge in [-0.15, -0.1) is 0 Å². The highest BCUT2D eigenvalue weighted by Gasteiger charge is 2.03. The number of fused-ring (bicyclic) bond motifs is 1. The minimum Gasteiger partial charge on any atom is -0.277 e.